The first-order valence-electron chi connectivity index (χ1n) is 3.14. The van der Waals surface area contributed by atoms with Crippen LogP contribution in [0.1, 0.15) is 11.3 Å². The minimum atomic E-state index is 0. The fourth-order valence-electron chi connectivity index (χ4n) is 0.767. The van der Waals surface area contributed by atoms with Crippen molar-refractivity contribution >= 4 is 0 Å². The number of methoxy groups -OCH3 is 1. The van der Waals surface area contributed by atoms with E-state index in [9.17, 15) is 0 Å². The van der Waals surface area contributed by atoms with Gasteiger partial charge >= 0.3 is 21.1 Å². The second-order valence-electron chi connectivity index (χ2n) is 2.20. The Labute approximate surface area is 81.2 Å². The molecule has 0 bridgehead atoms. The molecule has 11 heavy (non-hydrogen) atoms. The topological polar surface area (TPSA) is 22.1 Å². The molecule has 0 unspecified atom stereocenters. The predicted octanol–water partition coefficient (Wildman–Crippen LogP) is 1.50. The minimum absolute atomic E-state index is 0. The van der Waals surface area contributed by atoms with Gasteiger partial charge in [0.15, 0.2) is 0 Å². The number of aryl methyl sites for hydroxylation is 2. The van der Waals surface area contributed by atoms with Crippen molar-refractivity contribution in [3.05, 3.63) is 23.5 Å². The molecule has 0 N–H and O–H groups in total. The fraction of sp³-hybridized carbons (Fsp3) is 0.375. The third-order valence-electron chi connectivity index (χ3n) is 1.32. The Kier molecular flexibility index (Phi) is 4.35. The van der Waals surface area contributed by atoms with E-state index in [1.54, 1.807) is 7.11 Å². The van der Waals surface area contributed by atoms with Crippen molar-refractivity contribution in [2.24, 2.45) is 0 Å². The van der Waals surface area contributed by atoms with Crippen molar-refractivity contribution in [3.63, 3.8) is 0 Å². The third kappa shape index (κ3) is 2.62. The van der Waals surface area contributed by atoms with Crippen LogP contribution in [0.3, 0.4) is 0 Å². The summed E-state index contributed by atoms with van der Waals surface area (Å²) in [7, 11) is 1.64. The van der Waals surface area contributed by atoms with Crippen molar-refractivity contribution in [1.82, 2.24) is 4.98 Å². The van der Waals surface area contributed by atoms with Crippen LogP contribution in [-0.4, -0.2) is 12.1 Å². The molecular formula is C8H10NOW+. The molecule has 0 aromatic carbocycles. The van der Waals surface area contributed by atoms with Crippen LogP contribution < -0.4 is 4.74 Å². The maximum absolute atomic E-state index is 5.04. The first-order valence-corrected chi connectivity index (χ1v) is 3.14. The number of hydrogen-bond donors (Lipinski definition) is 0. The van der Waals surface area contributed by atoms with Gasteiger partial charge in [0.1, 0.15) is 0 Å². The molecule has 1 heterocycles. The number of pyridine rings is 1. The van der Waals surface area contributed by atoms with Crippen molar-refractivity contribution in [2.75, 3.05) is 7.11 Å². The van der Waals surface area contributed by atoms with Crippen LogP contribution in [0.25, 0.3) is 0 Å². The van der Waals surface area contributed by atoms with E-state index in [1.807, 2.05) is 19.9 Å². The summed E-state index contributed by atoms with van der Waals surface area (Å²) >= 11 is 0. The molecule has 1 aromatic heterocycles. The van der Waals surface area contributed by atoms with E-state index in [0.717, 1.165) is 17.0 Å². The Hall–Kier alpha value is -0.362. The maximum Gasteiger partial charge on any atom is 2.00 e. The minimum Gasteiger partial charge on any atom is -0.520 e. The van der Waals surface area contributed by atoms with Crippen molar-refractivity contribution in [2.45, 2.75) is 13.8 Å². The van der Waals surface area contributed by atoms with E-state index in [-0.39, 0.29) is 21.1 Å². The van der Waals surface area contributed by atoms with Gasteiger partial charge in [0.05, 0.1) is 7.11 Å². The SMILES string of the molecule is COc1cc(C)[c-]nc1C.[W+2]. The number of rotatable bonds is 1. The number of hydrogen-bond acceptors (Lipinski definition) is 2. The van der Waals surface area contributed by atoms with Crippen LogP contribution in [0.2, 0.25) is 0 Å². The van der Waals surface area contributed by atoms with Crippen LogP contribution in [0, 0.1) is 20.0 Å². The van der Waals surface area contributed by atoms with Gasteiger partial charge in [0, 0.05) is 5.75 Å². The van der Waals surface area contributed by atoms with Gasteiger partial charge in [-0.1, -0.05) is 20.0 Å². The molecule has 0 spiro atoms. The molecule has 0 aliphatic heterocycles. The van der Waals surface area contributed by atoms with Gasteiger partial charge in [-0.25, -0.2) is 0 Å². The Morgan fingerprint density at radius 3 is 2.55 bits per heavy atom. The molecule has 0 saturated carbocycles. The number of nitrogens with zero attached hydrogens (tertiary/aromatic N) is 1. The molecule has 2 nitrogen and oxygen atoms in total. The summed E-state index contributed by atoms with van der Waals surface area (Å²) in [5.74, 6) is 0.830. The van der Waals surface area contributed by atoms with Crippen molar-refractivity contribution in [3.8, 4) is 5.75 Å². The summed E-state index contributed by atoms with van der Waals surface area (Å²) in [5, 5.41) is 0. The van der Waals surface area contributed by atoms with Gasteiger partial charge in [-0.05, 0) is 5.69 Å². The molecule has 0 fully saturated rings. The first-order chi connectivity index (χ1) is 4.74. The van der Waals surface area contributed by atoms with Crippen molar-refractivity contribution in [1.29, 1.82) is 0 Å². The van der Waals surface area contributed by atoms with E-state index in [4.69, 9.17) is 4.74 Å². The molecule has 0 saturated heterocycles. The molecule has 0 amide bonds. The molecule has 58 valence electrons. The van der Waals surface area contributed by atoms with Gasteiger partial charge < -0.3 is 9.72 Å². The van der Waals surface area contributed by atoms with Gasteiger partial charge in [0.2, 0.25) is 0 Å². The molecule has 1 aromatic rings. The largest absolute Gasteiger partial charge is 2.00 e. The van der Waals surface area contributed by atoms with Gasteiger partial charge in [-0.3, -0.25) is 0 Å². The Balaban J connectivity index is 0.000001000. The molecule has 1 rings (SSSR count). The number of aromatic nitrogens is 1. The summed E-state index contributed by atoms with van der Waals surface area (Å²) in [6.45, 7) is 3.84. The smallest absolute Gasteiger partial charge is 0.520 e. The van der Waals surface area contributed by atoms with Crippen LogP contribution in [0.5, 0.6) is 5.75 Å². The molecule has 0 radical (unpaired) electrons. The summed E-state index contributed by atoms with van der Waals surface area (Å²) in [4.78, 5) is 4.00. The summed E-state index contributed by atoms with van der Waals surface area (Å²) < 4.78 is 5.04. The van der Waals surface area contributed by atoms with Crippen LogP contribution in [0.15, 0.2) is 6.07 Å². The van der Waals surface area contributed by atoms with Crippen LogP contribution in [0.4, 0.5) is 0 Å². The molecular weight excluding hydrogens is 310 g/mol. The zero-order valence-corrected chi connectivity index (χ0v) is 9.77. The second kappa shape index (κ2) is 4.50. The molecule has 0 aliphatic carbocycles. The maximum atomic E-state index is 5.04. The zero-order valence-electron chi connectivity index (χ0n) is 6.84. The van der Waals surface area contributed by atoms with Gasteiger partial charge in [0.25, 0.3) is 0 Å². The quantitative estimate of drug-likeness (QED) is 0.732. The van der Waals surface area contributed by atoms with E-state index in [2.05, 4.69) is 11.2 Å². The standard InChI is InChI=1S/C8H10NO.W/c1-6-4-8(10-3)7(2)9-5-6;/h4H,1-3H3;/q-1;+2. The monoisotopic (exact) mass is 320 g/mol. The molecule has 3 heteroatoms. The Bertz CT molecular complexity index is 238. The summed E-state index contributed by atoms with van der Waals surface area (Å²) in [5.41, 5.74) is 1.88. The van der Waals surface area contributed by atoms with Gasteiger partial charge in [-0.2, -0.15) is 0 Å². The Morgan fingerprint density at radius 2 is 2.09 bits per heavy atom. The zero-order chi connectivity index (χ0) is 7.56. The van der Waals surface area contributed by atoms with Crippen LogP contribution >= 0.6 is 0 Å². The van der Waals surface area contributed by atoms with Gasteiger partial charge in [-0.15, -0.1) is 11.6 Å². The van der Waals surface area contributed by atoms with Crippen molar-refractivity contribution < 1.29 is 25.8 Å². The van der Waals surface area contributed by atoms with E-state index >= 15 is 0 Å². The average Bonchev–Trinajstić information content (AvgIpc) is 1.94. The average molecular weight is 320 g/mol. The predicted molar refractivity (Wildman–Crippen MR) is 39.1 cm³/mol. The summed E-state index contributed by atoms with van der Waals surface area (Å²) in [6, 6.07) is 1.92. The molecule has 0 aliphatic rings. The Morgan fingerprint density at radius 1 is 1.45 bits per heavy atom. The van der Waals surface area contributed by atoms with Crippen LogP contribution in [-0.2, 0) is 21.1 Å². The van der Waals surface area contributed by atoms with E-state index in [1.165, 1.54) is 0 Å². The summed E-state index contributed by atoms with van der Waals surface area (Å²) in [6.07, 6.45) is 2.84. The first kappa shape index (κ1) is 10.6. The second-order valence-corrected chi connectivity index (χ2v) is 2.20. The van der Waals surface area contributed by atoms with E-state index in [0.29, 0.717) is 0 Å². The van der Waals surface area contributed by atoms with E-state index < -0.39 is 0 Å². The normalized spacial score (nSPS) is 8.64. The third-order valence-corrected chi connectivity index (χ3v) is 1.32. The molecule has 0 atom stereocenters. The fourth-order valence-corrected chi connectivity index (χ4v) is 0.767. The number of ether oxygens (including phenoxy) is 1.